The first-order valence-corrected chi connectivity index (χ1v) is 9.60. The van der Waals surface area contributed by atoms with Crippen molar-refractivity contribution >= 4 is 9.84 Å². The van der Waals surface area contributed by atoms with Crippen LogP contribution in [0.15, 0.2) is 0 Å². The van der Waals surface area contributed by atoms with Crippen molar-refractivity contribution < 1.29 is 8.42 Å². The van der Waals surface area contributed by atoms with Crippen molar-refractivity contribution in [3.05, 3.63) is 0 Å². The summed E-state index contributed by atoms with van der Waals surface area (Å²) in [5.41, 5.74) is 0. The van der Waals surface area contributed by atoms with Crippen molar-refractivity contribution in [1.29, 1.82) is 0 Å². The van der Waals surface area contributed by atoms with Gasteiger partial charge in [0.1, 0.15) is 0 Å². The molecule has 1 saturated carbocycles. The molecule has 0 bridgehead atoms. The van der Waals surface area contributed by atoms with E-state index in [9.17, 15) is 8.42 Å². The fourth-order valence-corrected chi connectivity index (χ4v) is 5.19. The third kappa shape index (κ3) is 3.31. The van der Waals surface area contributed by atoms with Gasteiger partial charge in [0.15, 0.2) is 9.84 Å². The summed E-state index contributed by atoms with van der Waals surface area (Å²) in [4.78, 5) is 2.50. The lowest BCUT2D eigenvalue weighted by atomic mass is 10.0. The molecule has 1 N–H and O–H groups in total. The van der Waals surface area contributed by atoms with E-state index in [1.54, 1.807) is 0 Å². The molecule has 2 aliphatic rings. The molecular formula is C14H28N2O2S. The summed E-state index contributed by atoms with van der Waals surface area (Å²) < 4.78 is 24.0. The Labute approximate surface area is 117 Å². The van der Waals surface area contributed by atoms with E-state index in [1.807, 2.05) is 0 Å². The van der Waals surface area contributed by atoms with Gasteiger partial charge in [-0.05, 0) is 25.7 Å². The Bertz CT molecular complexity index is 396. The molecule has 0 amide bonds. The van der Waals surface area contributed by atoms with Crippen molar-refractivity contribution in [3.63, 3.8) is 0 Å². The van der Waals surface area contributed by atoms with Gasteiger partial charge in [-0.2, -0.15) is 0 Å². The summed E-state index contributed by atoms with van der Waals surface area (Å²) in [5.74, 6) is 0. The van der Waals surface area contributed by atoms with E-state index in [0.29, 0.717) is 12.1 Å². The minimum Gasteiger partial charge on any atom is -0.311 e. The van der Waals surface area contributed by atoms with Gasteiger partial charge in [-0.25, -0.2) is 8.42 Å². The molecule has 5 heteroatoms. The lowest BCUT2D eigenvalue weighted by Gasteiger charge is -2.44. The predicted molar refractivity (Wildman–Crippen MR) is 79.1 cm³/mol. The third-order valence-electron chi connectivity index (χ3n) is 4.90. The van der Waals surface area contributed by atoms with Crippen LogP contribution in [0.5, 0.6) is 0 Å². The Kier molecular flexibility index (Phi) is 4.90. The van der Waals surface area contributed by atoms with Gasteiger partial charge in [-0.3, -0.25) is 4.90 Å². The molecule has 4 nitrogen and oxygen atoms in total. The minimum absolute atomic E-state index is 0.142. The molecule has 4 unspecified atom stereocenters. The van der Waals surface area contributed by atoms with Crippen LogP contribution in [0.2, 0.25) is 0 Å². The summed E-state index contributed by atoms with van der Waals surface area (Å²) in [6, 6.07) is 1.26. The van der Waals surface area contributed by atoms with Crippen LogP contribution in [0.3, 0.4) is 0 Å². The van der Waals surface area contributed by atoms with Gasteiger partial charge in [-0.15, -0.1) is 0 Å². The maximum absolute atomic E-state index is 12.0. The zero-order valence-corrected chi connectivity index (χ0v) is 13.2. The van der Waals surface area contributed by atoms with Crippen LogP contribution in [-0.4, -0.2) is 56.0 Å². The predicted octanol–water partition coefficient (Wildman–Crippen LogP) is 1.41. The summed E-state index contributed by atoms with van der Waals surface area (Å²) >= 11 is 0. The fraction of sp³-hybridized carbons (Fsp3) is 1.00. The SMILES string of the molecule is CCC1CN(C2CCCC2S(C)(=O)=O)C(CC)CN1. The molecule has 1 saturated heterocycles. The normalized spacial score (nSPS) is 37.6. The highest BCUT2D eigenvalue weighted by Gasteiger charge is 2.42. The first-order valence-electron chi connectivity index (χ1n) is 7.65. The standard InChI is InChI=1S/C14H28N2O2S/c1-4-11-10-16(12(5-2)9-15-11)13-7-6-8-14(13)19(3,17)18/h11-15H,4-10H2,1-3H3. The Morgan fingerprint density at radius 2 is 1.95 bits per heavy atom. The molecule has 0 aromatic carbocycles. The Balaban J connectivity index is 2.16. The molecule has 0 radical (unpaired) electrons. The summed E-state index contributed by atoms with van der Waals surface area (Å²) in [5, 5.41) is 3.44. The van der Waals surface area contributed by atoms with Crippen molar-refractivity contribution in [3.8, 4) is 0 Å². The van der Waals surface area contributed by atoms with Gasteiger partial charge in [0.2, 0.25) is 0 Å². The topological polar surface area (TPSA) is 49.4 Å². The van der Waals surface area contributed by atoms with Crippen LogP contribution >= 0.6 is 0 Å². The highest BCUT2D eigenvalue weighted by atomic mass is 32.2. The van der Waals surface area contributed by atoms with E-state index in [4.69, 9.17) is 0 Å². The van der Waals surface area contributed by atoms with Crippen LogP contribution in [0, 0.1) is 0 Å². The zero-order chi connectivity index (χ0) is 14.0. The van der Waals surface area contributed by atoms with Gasteiger partial charge < -0.3 is 5.32 Å². The van der Waals surface area contributed by atoms with Gasteiger partial charge in [0, 0.05) is 37.5 Å². The highest BCUT2D eigenvalue weighted by molar-refractivity contribution is 7.91. The molecular weight excluding hydrogens is 260 g/mol. The Morgan fingerprint density at radius 3 is 2.53 bits per heavy atom. The smallest absolute Gasteiger partial charge is 0.151 e. The zero-order valence-electron chi connectivity index (χ0n) is 12.4. The molecule has 4 atom stereocenters. The second-order valence-corrected chi connectivity index (χ2v) is 8.40. The fourth-order valence-electron chi connectivity index (χ4n) is 3.73. The number of piperazine rings is 1. The molecule has 1 aliphatic heterocycles. The Hall–Kier alpha value is -0.130. The molecule has 19 heavy (non-hydrogen) atoms. The summed E-state index contributed by atoms with van der Waals surface area (Å²) in [6.07, 6.45) is 6.57. The Morgan fingerprint density at radius 1 is 1.21 bits per heavy atom. The number of nitrogens with one attached hydrogen (secondary N) is 1. The second kappa shape index (κ2) is 6.10. The van der Waals surface area contributed by atoms with E-state index in [1.165, 1.54) is 6.26 Å². The van der Waals surface area contributed by atoms with E-state index < -0.39 is 9.84 Å². The van der Waals surface area contributed by atoms with E-state index in [-0.39, 0.29) is 11.3 Å². The van der Waals surface area contributed by atoms with Crippen LogP contribution in [-0.2, 0) is 9.84 Å². The number of sulfone groups is 1. The molecule has 0 spiro atoms. The van der Waals surface area contributed by atoms with Gasteiger partial charge >= 0.3 is 0 Å². The lowest BCUT2D eigenvalue weighted by molar-refractivity contribution is 0.0812. The molecule has 112 valence electrons. The lowest BCUT2D eigenvalue weighted by Crippen LogP contribution is -2.61. The maximum Gasteiger partial charge on any atom is 0.151 e. The molecule has 0 aromatic rings. The number of hydrogen-bond donors (Lipinski definition) is 1. The van der Waals surface area contributed by atoms with Crippen LogP contribution in [0.4, 0.5) is 0 Å². The first kappa shape index (κ1) is 15.3. The van der Waals surface area contributed by atoms with E-state index in [2.05, 4.69) is 24.1 Å². The van der Waals surface area contributed by atoms with Crippen molar-refractivity contribution in [2.75, 3.05) is 19.3 Å². The van der Waals surface area contributed by atoms with Crippen LogP contribution in [0.25, 0.3) is 0 Å². The second-order valence-electron chi connectivity index (χ2n) is 6.14. The summed E-state index contributed by atoms with van der Waals surface area (Å²) in [6.45, 7) is 6.41. The number of hydrogen-bond acceptors (Lipinski definition) is 4. The minimum atomic E-state index is -2.92. The molecule has 2 fully saturated rings. The average molecular weight is 288 g/mol. The average Bonchev–Trinajstić information content (AvgIpc) is 2.87. The molecule has 2 rings (SSSR count). The maximum atomic E-state index is 12.0. The summed E-state index contributed by atoms with van der Waals surface area (Å²) in [7, 11) is -2.92. The van der Waals surface area contributed by atoms with E-state index in [0.717, 1.165) is 45.2 Å². The van der Waals surface area contributed by atoms with E-state index >= 15 is 0 Å². The largest absolute Gasteiger partial charge is 0.311 e. The number of rotatable bonds is 4. The van der Waals surface area contributed by atoms with Crippen LogP contribution < -0.4 is 5.32 Å². The third-order valence-corrected chi connectivity index (χ3v) is 6.55. The van der Waals surface area contributed by atoms with Gasteiger partial charge in [0.05, 0.1) is 5.25 Å². The first-order chi connectivity index (χ1) is 8.97. The molecule has 1 heterocycles. The molecule has 0 aromatic heterocycles. The molecule has 1 aliphatic carbocycles. The highest BCUT2D eigenvalue weighted by Crippen LogP contribution is 2.32. The number of nitrogens with zero attached hydrogens (tertiary/aromatic N) is 1. The van der Waals surface area contributed by atoms with Crippen molar-refractivity contribution in [2.45, 2.75) is 69.3 Å². The monoisotopic (exact) mass is 288 g/mol. The van der Waals surface area contributed by atoms with Crippen LogP contribution in [0.1, 0.15) is 46.0 Å². The van der Waals surface area contributed by atoms with Crippen molar-refractivity contribution in [2.24, 2.45) is 0 Å². The quantitative estimate of drug-likeness (QED) is 0.850. The van der Waals surface area contributed by atoms with Gasteiger partial charge in [0.25, 0.3) is 0 Å². The van der Waals surface area contributed by atoms with Crippen molar-refractivity contribution in [1.82, 2.24) is 10.2 Å². The van der Waals surface area contributed by atoms with Gasteiger partial charge in [-0.1, -0.05) is 20.3 Å².